The third-order valence-electron chi connectivity index (χ3n) is 7.63. The van der Waals surface area contributed by atoms with Gasteiger partial charge in [-0.3, -0.25) is 4.79 Å². The van der Waals surface area contributed by atoms with E-state index in [9.17, 15) is 9.90 Å². The van der Waals surface area contributed by atoms with Crippen LogP contribution in [0.15, 0.2) is 11.6 Å². The van der Waals surface area contributed by atoms with Gasteiger partial charge in [-0.25, -0.2) is 0 Å². The minimum Gasteiger partial charge on any atom is -0.396 e. The molecular weight excluding hydrogens is 284 g/mol. The second-order valence-electron chi connectivity index (χ2n) is 8.26. The quantitative estimate of drug-likeness (QED) is 0.749. The molecule has 0 heterocycles. The highest BCUT2D eigenvalue weighted by Gasteiger charge is 2.57. The summed E-state index contributed by atoms with van der Waals surface area (Å²) >= 11 is 0. The van der Waals surface area contributed by atoms with Crippen molar-refractivity contribution in [2.75, 3.05) is 6.61 Å². The van der Waals surface area contributed by atoms with Crippen molar-refractivity contribution in [1.29, 1.82) is 0 Å². The van der Waals surface area contributed by atoms with E-state index in [1.807, 2.05) is 13.0 Å². The molecule has 1 N–H and O–H groups in total. The van der Waals surface area contributed by atoms with Crippen molar-refractivity contribution < 1.29 is 9.90 Å². The zero-order valence-electron chi connectivity index (χ0n) is 14.2. The molecule has 4 aliphatic carbocycles. The fourth-order valence-electron chi connectivity index (χ4n) is 6.69. The normalized spacial score (nSPS) is 45.2. The molecule has 6 atom stereocenters. The molecule has 0 aromatic rings. The van der Waals surface area contributed by atoms with Crippen molar-refractivity contribution in [1.82, 2.24) is 0 Å². The van der Waals surface area contributed by atoms with Crippen LogP contribution in [0.3, 0.4) is 0 Å². The lowest BCUT2D eigenvalue weighted by molar-refractivity contribution is -0.116. The van der Waals surface area contributed by atoms with Crippen LogP contribution in [0.5, 0.6) is 0 Å². The van der Waals surface area contributed by atoms with E-state index in [1.54, 1.807) is 0 Å². The number of allylic oxidation sites excluding steroid dienone is 1. The monoisotopic (exact) mass is 312 g/mol. The van der Waals surface area contributed by atoms with Crippen molar-refractivity contribution in [3.05, 3.63) is 11.6 Å². The van der Waals surface area contributed by atoms with Crippen molar-refractivity contribution in [2.45, 2.75) is 58.3 Å². The molecular formula is C21H28O2. The maximum absolute atomic E-state index is 11.7. The predicted molar refractivity (Wildman–Crippen MR) is 90.4 cm³/mol. The van der Waals surface area contributed by atoms with Crippen LogP contribution in [0.25, 0.3) is 0 Å². The first-order valence-corrected chi connectivity index (χ1v) is 9.46. The van der Waals surface area contributed by atoms with Gasteiger partial charge in [-0.1, -0.05) is 11.5 Å². The Kier molecular flexibility index (Phi) is 3.88. The summed E-state index contributed by atoms with van der Waals surface area (Å²) in [6, 6.07) is 0. The van der Waals surface area contributed by atoms with Gasteiger partial charge in [-0.2, -0.15) is 0 Å². The van der Waals surface area contributed by atoms with Crippen LogP contribution in [0, 0.1) is 46.8 Å². The largest absolute Gasteiger partial charge is 0.396 e. The number of ketones is 1. The topological polar surface area (TPSA) is 37.3 Å². The molecule has 0 aromatic carbocycles. The van der Waals surface area contributed by atoms with Crippen LogP contribution in [0.1, 0.15) is 58.3 Å². The van der Waals surface area contributed by atoms with E-state index in [0.29, 0.717) is 30.1 Å². The van der Waals surface area contributed by atoms with Gasteiger partial charge in [0.15, 0.2) is 5.78 Å². The van der Waals surface area contributed by atoms with Crippen LogP contribution in [0.4, 0.5) is 0 Å². The molecule has 4 aliphatic rings. The van der Waals surface area contributed by atoms with Gasteiger partial charge in [0.2, 0.25) is 0 Å². The highest BCUT2D eigenvalue weighted by atomic mass is 16.3. The molecule has 2 heteroatoms. The summed E-state index contributed by atoms with van der Waals surface area (Å²) in [6.07, 6.45) is 10.9. The van der Waals surface area contributed by atoms with Crippen LogP contribution in [0.2, 0.25) is 0 Å². The Bertz CT molecular complexity index is 593. The number of carbonyl (C=O) groups is 1. The number of aliphatic hydroxyl groups is 1. The van der Waals surface area contributed by atoms with Crippen molar-refractivity contribution in [2.24, 2.45) is 35.0 Å². The summed E-state index contributed by atoms with van der Waals surface area (Å²) in [4.78, 5) is 11.7. The Morgan fingerprint density at radius 1 is 1.17 bits per heavy atom. The number of hydrogen-bond donors (Lipinski definition) is 1. The van der Waals surface area contributed by atoms with Gasteiger partial charge in [0, 0.05) is 17.8 Å². The van der Waals surface area contributed by atoms with E-state index in [2.05, 4.69) is 11.8 Å². The Morgan fingerprint density at radius 3 is 2.83 bits per heavy atom. The summed E-state index contributed by atoms with van der Waals surface area (Å²) in [5.74, 6) is 10.1. The van der Waals surface area contributed by atoms with Gasteiger partial charge < -0.3 is 5.11 Å². The van der Waals surface area contributed by atoms with Crippen LogP contribution in [-0.2, 0) is 4.79 Å². The minimum absolute atomic E-state index is 0.0654. The summed E-state index contributed by atoms with van der Waals surface area (Å²) in [6.45, 7) is 2.24. The summed E-state index contributed by atoms with van der Waals surface area (Å²) in [7, 11) is 0. The van der Waals surface area contributed by atoms with Gasteiger partial charge in [-0.15, -0.1) is 5.92 Å². The van der Waals surface area contributed by atoms with E-state index in [4.69, 9.17) is 0 Å². The molecule has 3 saturated carbocycles. The Hall–Kier alpha value is -1.07. The van der Waals surface area contributed by atoms with E-state index < -0.39 is 0 Å². The van der Waals surface area contributed by atoms with Gasteiger partial charge in [0.05, 0.1) is 6.61 Å². The van der Waals surface area contributed by atoms with E-state index >= 15 is 0 Å². The molecule has 23 heavy (non-hydrogen) atoms. The highest BCUT2D eigenvalue weighted by Crippen LogP contribution is 2.63. The standard InChI is InChI=1S/C21H28O2/c1-2-3-15-5-9-20-19-7-4-14-12-16(23)6-8-17(14)18(19)10-11-21(15,20)13-22/h12,15,17-20,22H,4-11,13H2,1H3/t15-,17+,18-,19-,20+,21+/m1/s1. The first-order valence-electron chi connectivity index (χ1n) is 9.46. The minimum atomic E-state index is 0.0654. The van der Waals surface area contributed by atoms with Gasteiger partial charge in [0.25, 0.3) is 0 Å². The second kappa shape index (κ2) is 5.78. The SMILES string of the molecule is CC#C[C@@H]1CC[C@H]2[C@@H]3CCC4=CC(=O)CC[C@@H]4[C@H]3CC[C@]12CO. The summed E-state index contributed by atoms with van der Waals surface area (Å²) in [5.41, 5.74) is 1.51. The van der Waals surface area contributed by atoms with Gasteiger partial charge >= 0.3 is 0 Å². The van der Waals surface area contributed by atoms with Crippen LogP contribution < -0.4 is 0 Å². The molecule has 0 radical (unpaired) electrons. The van der Waals surface area contributed by atoms with Crippen LogP contribution >= 0.6 is 0 Å². The highest BCUT2D eigenvalue weighted by molar-refractivity contribution is 5.91. The molecule has 124 valence electrons. The Morgan fingerprint density at radius 2 is 2.04 bits per heavy atom. The first-order chi connectivity index (χ1) is 11.2. The average Bonchev–Trinajstić information content (AvgIpc) is 2.94. The lowest BCUT2D eigenvalue weighted by Gasteiger charge is -2.54. The molecule has 0 aromatic heterocycles. The van der Waals surface area contributed by atoms with E-state index in [1.165, 1.54) is 31.3 Å². The molecule has 2 nitrogen and oxygen atoms in total. The summed E-state index contributed by atoms with van der Waals surface area (Å²) < 4.78 is 0. The Labute approximate surface area is 139 Å². The molecule has 4 rings (SSSR count). The molecule has 0 unspecified atom stereocenters. The zero-order chi connectivity index (χ0) is 16.0. The molecule has 0 bridgehead atoms. The number of rotatable bonds is 1. The third-order valence-corrected chi connectivity index (χ3v) is 7.63. The zero-order valence-corrected chi connectivity index (χ0v) is 14.2. The van der Waals surface area contributed by atoms with Crippen molar-refractivity contribution in [3.8, 4) is 11.8 Å². The third kappa shape index (κ3) is 2.23. The molecule has 0 aliphatic heterocycles. The number of aliphatic hydroxyl groups excluding tert-OH is 1. The fraction of sp³-hybridized carbons (Fsp3) is 0.762. The molecule has 0 amide bonds. The van der Waals surface area contributed by atoms with Crippen molar-refractivity contribution >= 4 is 5.78 Å². The summed E-state index contributed by atoms with van der Waals surface area (Å²) in [5, 5.41) is 10.3. The molecule has 3 fully saturated rings. The molecule has 0 spiro atoms. The van der Waals surface area contributed by atoms with Gasteiger partial charge in [0.1, 0.15) is 0 Å². The second-order valence-corrected chi connectivity index (χ2v) is 8.26. The van der Waals surface area contributed by atoms with E-state index in [-0.39, 0.29) is 5.41 Å². The Balaban J connectivity index is 1.63. The smallest absolute Gasteiger partial charge is 0.155 e. The number of fused-ring (bicyclic) bond motifs is 5. The van der Waals surface area contributed by atoms with Gasteiger partial charge in [-0.05, 0) is 81.6 Å². The maximum atomic E-state index is 11.7. The maximum Gasteiger partial charge on any atom is 0.155 e. The van der Waals surface area contributed by atoms with Crippen molar-refractivity contribution in [3.63, 3.8) is 0 Å². The molecule has 0 saturated heterocycles. The fourth-order valence-corrected chi connectivity index (χ4v) is 6.69. The lowest BCUT2D eigenvalue weighted by Crippen LogP contribution is -2.49. The predicted octanol–water partition coefficient (Wildman–Crippen LogP) is 3.74. The average molecular weight is 312 g/mol. The van der Waals surface area contributed by atoms with Crippen LogP contribution in [-0.4, -0.2) is 17.5 Å². The van der Waals surface area contributed by atoms with E-state index in [0.717, 1.165) is 37.5 Å². The number of hydrogen-bond acceptors (Lipinski definition) is 2. The lowest BCUT2D eigenvalue weighted by atomic mass is 9.51. The first kappa shape index (κ1) is 15.5. The number of carbonyl (C=O) groups excluding carboxylic acids is 1.